The Bertz CT molecular complexity index is 758. The van der Waals surface area contributed by atoms with Crippen molar-refractivity contribution in [2.45, 2.75) is 32.8 Å². The van der Waals surface area contributed by atoms with Gasteiger partial charge in [-0.05, 0) is 12.8 Å². The number of morpholine rings is 1. The maximum atomic E-state index is 13.1. The van der Waals surface area contributed by atoms with Crippen LogP contribution in [-0.2, 0) is 4.74 Å². The monoisotopic (exact) mass is 345 g/mol. The number of aryl methyl sites for hydroxylation is 1. The number of amides is 1. The Labute approximate surface area is 146 Å². The predicted octanol–water partition coefficient (Wildman–Crippen LogP) is 2.15. The van der Waals surface area contributed by atoms with Crippen LogP contribution in [0.15, 0.2) is 16.9 Å². The third kappa shape index (κ3) is 3.34. The molecule has 3 rings (SSSR count). The van der Waals surface area contributed by atoms with E-state index in [4.69, 9.17) is 9.26 Å². The molecule has 1 saturated heterocycles. The Morgan fingerprint density at radius 1 is 1.36 bits per heavy atom. The van der Waals surface area contributed by atoms with Crippen molar-refractivity contribution in [3.63, 3.8) is 0 Å². The molecule has 1 atom stereocenters. The molecule has 134 valence electrons. The number of nitrogens with zero attached hydrogens (tertiary/aromatic N) is 4. The highest BCUT2D eigenvalue weighted by Crippen LogP contribution is 2.28. The molecule has 0 spiro atoms. The topological polar surface area (TPSA) is 93.4 Å². The average Bonchev–Trinajstić information content (AvgIpc) is 3.03. The first-order valence-electron chi connectivity index (χ1n) is 8.38. The van der Waals surface area contributed by atoms with E-state index in [9.17, 15) is 4.79 Å². The van der Waals surface area contributed by atoms with E-state index in [0.29, 0.717) is 48.2 Å². The molecule has 0 radical (unpaired) electrons. The summed E-state index contributed by atoms with van der Waals surface area (Å²) in [6.07, 6.45) is 2.93. The maximum Gasteiger partial charge on any atom is 0.259 e. The summed E-state index contributed by atoms with van der Waals surface area (Å²) in [4.78, 5) is 23.5. The number of anilines is 1. The van der Waals surface area contributed by atoms with Crippen molar-refractivity contribution >= 4 is 11.7 Å². The SMILES string of the molecule is CNc1nccnc1[C@@H]1CN(C(=O)c2c(C(C)C)noc2C)CCO1. The Morgan fingerprint density at radius 2 is 2.12 bits per heavy atom. The van der Waals surface area contributed by atoms with Crippen LogP contribution in [0.4, 0.5) is 5.82 Å². The summed E-state index contributed by atoms with van der Waals surface area (Å²) in [5, 5.41) is 7.07. The van der Waals surface area contributed by atoms with Crippen molar-refractivity contribution in [2.75, 3.05) is 32.1 Å². The summed E-state index contributed by atoms with van der Waals surface area (Å²) in [6, 6.07) is 0. The Kier molecular flexibility index (Phi) is 4.98. The fourth-order valence-corrected chi connectivity index (χ4v) is 2.98. The first kappa shape index (κ1) is 17.3. The summed E-state index contributed by atoms with van der Waals surface area (Å²) in [7, 11) is 1.79. The van der Waals surface area contributed by atoms with Crippen LogP contribution < -0.4 is 5.32 Å². The molecule has 1 fully saturated rings. The highest BCUT2D eigenvalue weighted by atomic mass is 16.5. The molecule has 0 aliphatic carbocycles. The number of carbonyl (C=O) groups excluding carboxylic acids is 1. The number of aromatic nitrogens is 3. The number of hydrogen-bond acceptors (Lipinski definition) is 7. The van der Waals surface area contributed by atoms with Gasteiger partial charge in [-0.15, -0.1) is 0 Å². The van der Waals surface area contributed by atoms with E-state index < -0.39 is 0 Å². The molecule has 8 heteroatoms. The minimum Gasteiger partial charge on any atom is -0.372 e. The van der Waals surface area contributed by atoms with Gasteiger partial charge in [0.2, 0.25) is 0 Å². The first-order chi connectivity index (χ1) is 12.0. The molecule has 0 saturated carbocycles. The molecule has 0 bridgehead atoms. The third-order valence-corrected chi connectivity index (χ3v) is 4.27. The van der Waals surface area contributed by atoms with Crippen molar-refractivity contribution in [2.24, 2.45) is 0 Å². The largest absolute Gasteiger partial charge is 0.372 e. The van der Waals surface area contributed by atoms with Crippen molar-refractivity contribution < 1.29 is 14.1 Å². The van der Waals surface area contributed by atoms with Crippen LogP contribution in [0.5, 0.6) is 0 Å². The zero-order chi connectivity index (χ0) is 18.0. The van der Waals surface area contributed by atoms with Crippen LogP contribution in [-0.4, -0.2) is 52.7 Å². The summed E-state index contributed by atoms with van der Waals surface area (Å²) < 4.78 is 11.1. The van der Waals surface area contributed by atoms with Gasteiger partial charge in [0, 0.05) is 26.0 Å². The smallest absolute Gasteiger partial charge is 0.259 e. The molecular weight excluding hydrogens is 322 g/mol. The summed E-state index contributed by atoms with van der Waals surface area (Å²) >= 11 is 0. The van der Waals surface area contributed by atoms with Gasteiger partial charge in [-0.2, -0.15) is 0 Å². The van der Waals surface area contributed by atoms with Crippen molar-refractivity contribution in [3.8, 4) is 0 Å². The Morgan fingerprint density at radius 3 is 2.84 bits per heavy atom. The highest BCUT2D eigenvalue weighted by molar-refractivity contribution is 5.96. The Balaban J connectivity index is 1.84. The molecule has 3 heterocycles. The fourth-order valence-electron chi connectivity index (χ4n) is 2.98. The van der Waals surface area contributed by atoms with E-state index >= 15 is 0 Å². The van der Waals surface area contributed by atoms with Crippen LogP contribution in [0.2, 0.25) is 0 Å². The van der Waals surface area contributed by atoms with Crippen LogP contribution in [0.3, 0.4) is 0 Å². The predicted molar refractivity (Wildman–Crippen MR) is 91.5 cm³/mol. The highest BCUT2D eigenvalue weighted by Gasteiger charge is 2.32. The van der Waals surface area contributed by atoms with Gasteiger partial charge in [0.1, 0.15) is 28.9 Å². The first-order valence-corrected chi connectivity index (χ1v) is 8.38. The lowest BCUT2D eigenvalue weighted by Crippen LogP contribution is -2.43. The lowest BCUT2D eigenvalue weighted by molar-refractivity contribution is -0.0246. The quantitative estimate of drug-likeness (QED) is 0.907. The van der Waals surface area contributed by atoms with Gasteiger partial charge in [0.15, 0.2) is 0 Å². The normalized spacial score (nSPS) is 17.8. The fraction of sp³-hybridized carbons (Fsp3) is 0.529. The number of carbonyl (C=O) groups is 1. The third-order valence-electron chi connectivity index (χ3n) is 4.27. The molecule has 2 aromatic rings. The van der Waals surface area contributed by atoms with E-state index in [-0.39, 0.29) is 17.9 Å². The van der Waals surface area contributed by atoms with E-state index in [1.807, 2.05) is 13.8 Å². The number of nitrogens with one attached hydrogen (secondary N) is 1. The van der Waals surface area contributed by atoms with Crippen molar-refractivity contribution in [1.82, 2.24) is 20.0 Å². The molecule has 1 amide bonds. The van der Waals surface area contributed by atoms with Gasteiger partial charge in [-0.1, -0.05) is 19.0 Å². The van der Waals surface area contributed by atoms with Gasteiger partial charge in [0.25, 0.3) is 5.91 Å². The second-order valence-electron chi connectivity index (χ2n) is 6.30. The second-order valence-corrected chi connectivity index (χ2v) is 6.30. The number of hydrogen-bond donors (Lipinski definition) is 1. The summed E-state index contributed by atoms with van der Waals surface area (Å²) in [5.41, 5.74) is 1.96. The van der Waals surface area contributed by atoms with E-state index in [1.165, 1.54) is 0 Å². The molecule has 1 aliphatic heterocycles. The summed E-state index contributed by atoms with van der Waals surface area (Å²) in [5.74, 6) is 1.24. The minimum absolute atomic E-state index is 0.0781. The van der Waals surface area contributed by atoms with Crippen LogP contribution in [0.25, 0.3) is 0 Å². The minimum atomic E-state index is -0.323. The lowest BCUT2D eigenvalue weighted by Gasteiger charge is -2.33. The molecule has 8 nitrogen and oxygen atoms in total. The average molecular weight is 345 g/mol. The number of rotatable bonds is 4. The molecule has 1 aliphatic rings. The molecular formula is C17H23N5O3. The second kappa shape index (κ2) is 7.18. The number of ether oxygens (including phenoxy) is 1. The van der Waals surface area contributed by atoms with Gasteiger partial charge >= 0.3 is 0 Å². The van der Waals surface area contributed by atoms with Gasteiger partial charge in [-0.25, -0.2) is 4.98 Å². The van der Waals surface area contributed by atoms with Gasteiger partial charge in [-0.3, -0.25) is 9.78 Å². The molecule has 1 N–H and O–H groups in total. The molecule has 0 aromatic carbocycles. The molecule has 2 aromatic heterocycles. The standard InChI is InChI=1S/C17H23N5O3/c1-10(2)14-13(11(3)25-21-14)17(23)22-7-8-24-12(9-22)15-16(18-4)20-6-5-19-15/h5-6,10,12H,7-9H2,1-4H3,(H,18,20)/t12-/m0/s1. The Hall–Kier alpha value is -2.48. The van der Waals surface area contributed by atoms with E-state index in [2.05, 4.69) is 20.4 Å². The maximum absolute atomic E-state index is 13.1. The summed E-state index contributed by atoms with van der Waals surface area (Å²) in [6.45, 7) is 7.13. The van der Waals surface area contributed by atoms with Crippen LogP contribution in [0, 0.1) is 6.92 Å². The van der Waals surface area contributed by atoms with Crippen LogP contribution in [0.1, 0.15) is 53.4 Å². The van der Waals surface area contributed by atoms with E-state index in [0.717, 1.165) is 0 Å². The molecule has 0 unspecified atom stereocenters. The molecule has 25 heavy (non-hydrogen) atoms. The zero-order valence-corrected chi connectivity index (χ0v) is 14.9. The van der Waals surface area contributed by atoms with Crippen LogP contribution >= 0.6 is 0 Å². The van der Waals surface area contributed by atoms with Gasteiger partial charge in [0.05, 0.1) is 18.8 Å². The zero-order valence-electron chi connectivity index (χ0n) is 14.9. The van der Waals surface area contributed by atoms with Crippen molar-refractivity contribution in [1.29, 1.82) is 0 Å². The van der Waals surface area contributed by atoms with Gasteiger partial charge < -0.3 is 19.5 Å². The van der Waals surface area contributed by atoms with Crippen molar-refractivity contribution in [3.05, 3.63) is 35.1 Å². The van der Waals surface area contributed by atoms with E-state index in [1.54, 1.807) is 31.3 Å². The lowest BCUT2D eigenvalue weighted by atomic mass is 10.0.